The Balaban J connectivity index is 1.95. The number of amides is 1. The molecule has 1 amide bonds. The Morgan fingerprint density at radius 1 is 1.12 bits per heavy atom. The van der Waals surface area contributed by atoms with Crippen molar-refractivity contribution in [3.05, 3.63) is 88.7 Å². The summed E-state index contributed by atoms with van der Waals surface area (Å²) in [7, 11) is 1.44. The van der Waals surface area contributed by atoms with Gasteiger partial charge in [0.1, 0.15) is 23.3 Å². The molecule has 33 heavy (non-hydrogen) atoms. The Hall–Kier alpha value is -3.84. The van der Waals surface area contributed by atoms with Crippen LogP contribution in [0.25, 0.3) is 5.76 Å². The Morgan fingerprint density at radius 3 is 2.64 bits per heavy atom. The van der Waals surface area contributed by atoms with Gasteiger partial charge >= 0.3 is 0 Å². The minimum absolute atomic E-state index is 0.110. The largest absolute Gasteiger partial charge is 0.507 e. The third kappa shape index (κ3) is 4.15. The van der Waals surface area contributed by atoms with Crippen LogP contribution in [0.3, 0.4) is 0 Å². The number of pyridine rings is 1. The van der Waals surface area contributed by atoms with Gasteiger partial charge in [-0.25, -0.2) is 0 Å². The van der Waals surface area contributed by atoms with Gasteiger partial charge in [0.15, 0.2) is 0 Å². The fraction of sp³-hybridized carbons (Fsp3) is 0.160. The summed E-state index contributed by atoms with van der Waals surface area (Å²) in [5, 5.41) is 11.6. The topological polar surface area (TPSA) is 89.0 Å². The van der Waals surface area contributed by atoms with E-state index in [0.717, 1.165) is 0 Å². The number of ketones is 1. The number of rotatable bonds is 6. The zero-order valence-corrected chi connectivity index (χ0v) is 18.7. The standard InChI is InChI=1S/C25H21ClN2O5/c1-3-33-17-8-6-7-16(14-17)28-22(19-9-4-5-12-27-19)21(24(30)25(28)31)23(29)18-13-15(26)10-11-20(18)32-2/h4-14,22,29H,3H2,1-2H3/b23-21+. The first kappa shape index (κ1) is 22.4. The van der Waals surface area contributed by atoms with Crippen molar-refractivity contribution in [2.24, 2.45) is 0 Å². The SMILES string of the molecule is CCOc1cccc(N2C(=O)C(=O)/C(=C(/O)c3cc(Cl)ccc3OC)C2c2ccccn2)c1. The molecule has 1 unspecified atom stereocenters. The second-order valence-electron chi connectivity index (χ2n) is 7.20. The van der Waals surface area contributed by atoms with Crippen LogP contribution in [0.1, 0.15) is 24.2 Å². The van der Waals surface area contributed by atoms with Crippen LogP contribution in [0.4, 0.5) is 5.69 Å². The number of Topliss-reactive ketones (excluding diaryl/α,β-unsaturated/α-hetero) is 1. The highest BCUT2D eigenvalue weighted by atomic mass is 35.5. The molecule has 0 saturated carbocycles. The number of aromatic nitrogens is 1. The first-order valence-corrected chi connectivity index (χ1v) is 10.6. The van der Waals surface area contributed by atoms with E-state index in [0.29, 0.717) is 34.5 Å². The fourth-order valence-corrected chi connectivity index (χ4v) is 3.99. The molecule has 1 aliphatic heterocycles. The molecular formula is C25H21ClN2O5. The predicted molar refractivity (Wildman–Crippen MR) is 125 cm³/mol. The summed E-state index contributed by atoms with van der Waals surface area (Å²) in [6, 6.07) is 15.7. The lowest BCUT2D eigenvalue weighted by Crippen LogP contribution is -2.29. The summed E-state index contributed by atoms with van der Waals surface area (Å²) in [5.41, 5.74) is 0.949. The monoisotopic (exact) mass is 464 g/mol. The molecule has 1 fully saturated rings. The van der Waals surface area contributed by atoms with E-state index in [1.165, 1.54) is 18.1 Å². The van der Waals surface area contributed by atoms with Crippen LogP contribution in [0.15, 0.2) is 72.4 Å². The van der Waals surface area contributed by atoms with E-state index in [4.69, 9.17) is 21.1 Å². The molecule has 0 spiro atoms. The normalized spacial score (nSPS) is 17.3. The predicted octanol–water partition coefficient (Wildman–Crippen LogP) is 4.77. The minimum atomic E-state index is -0.966. The molecule has 0 aliphatic carbocycles. The van der Waals surface area contributed by atoms with Gasteiger partial charge in [0.25, 0.3) is 11.7 Å². The maximum atomic E-state index is 13.2. The Labute approximate surface area is 195 Å². The number of aliphatic hydroxyl groups excluding tert-OH is 1. The van der Waals surface area contributed by atoms with Crippen LogP contribution in [-0.4, -0.2) is 35.5 Å². The van der Waals surface area contributed by atoms with Crippen LogP contribution in [0.2, 0.25) is 5.02 Å². The summed E-state index contributed by atoms with van der Waals surface area (Å²) in [6.07, 6.45) is 1.56. The van der Waals surface area contributed by atoms with Gasteiger partial charge in [0, 0.05) is 23.0 Å². The molecule has 8 heteroatoms. The Morgan fingerprint density at radius 2 is 1.94 bits per heavy atom. The van der Waals surface area contributed by atoms with E-state index < -0.39 is 23.5 Å². The van der Waals surface area contributed by atoms with Crippen molar-refractivity contribution in [2.45, 2.75) is 13.0 Å². The molecule has 1 aliphatic rings. The molecule has 7 nitrogen and oxygen atoms in total. The number of carbonyl (C=O) groups excluding carboxylic acids is 2. The lowest BCUT2D eigenvalue weighted by molar-refractivity contribution is -0.132. The molecule has 3 aromatic rings. The molecule has 2 aromatic carbocycles. The minimum Gasteiger partial charge on any atom is -0.507 e. The number of hydrogen-bond donors (Lipinski definition) is 1. The summed E-state index contributed by atoms with van der Waals surface area (Å²) in [4.78, 5) is 32.2. The van der Waals surface area contributed by atoms with E-state index in [-0.39, 0.29) is 11.1 Å². The summed E-state index contributed by atoms with van der Waals surface area (Å²) < 4.78 is 10.9. The van der Waals surface area contributed by atoms with Gasteiger partial charge in [-0.15, -0.1) is 0 Å². The van der Waals surface area contributed by atoms with E-state index in [2.05, 4.69) is 4.98 Å². The van der Waals surface area contributed by atoms with Crippen molar-refractivity contribution in [3.8, 4) is 11.5 Å². The van der Waals surface area contributed by atoms with Crippen LogP contribution in [0, 0.1) is 0 Å². The smallest absolute Gasteiger partial charge is 0.300 e. The Kier molecular flexibility index (Phi) is 6.33. The number of halogens is 1. The highest BCUT2D eigenvalue weighted by Crippen LogP contribution is 2.43. The van der Waals surface area contributed by atoms with Gasteiger partial charge in [-0.3, -0.25) is 19.5 Å². The first-order chi connectivity index (χ1) is 16.0. The number of nitrogens with zero attached hydrogens (tertiary/aromatic N) is 2. The van der Waals surface area contributed by atoms with Crippen molar-refractivity contribution in [1.29, 1.82) is 0 Å². The molecule has 1 atom stereocenters. The second-order valence-corrected chi connectivity index (χ2v) is 7.64. The van der Waals surface area contributed by atoms with Crippen LogP contribution in [-0.2, 0) is 9.59 Å². The molecule has 1 N–H and O–H groups in total. The number of benzene rings is 2. The average molecular weight is 465 g/mol. The molecule has 4 rings (SSSR count). The lowest BCUT2D eigenvalue weighted by atomic mass is 9.97. The average Bonchev–Trinajstić information content (AvgIpc) is 3.10. The van der Waals surface area contributed by atoms with Gasteiger partial charge in [0.2, 0.25) is 0 Å². The summed E-state index contributed by atoms with van der Waals surface area (Å²) in [6.45, 7) is 2.30. The fourth-order valence-electron chi connectivity index (χ4n) is 3.82. The van der Waals surface area contributed by atoms with Crippen molar-refractivity contribution in [1.82, 2.24) is 4.98 Å². The molecule has 1 aromatic heterocycles. The summed E-state index contributed by atoms with van der Waals surface area (Å²) >= 11 is 6.14. The molecule has 0 bridgehead atoms. The maximum absolute atomic E-state index is 13.2. The summed E-state index contributed by atoms with van der Waals surface area (Å²) in [5.74, 6) is -1.17. The van der Waals surface area contributed by atoms with Crippen molar-refractivity contribution >= 4 is 34.7 Å². The van der Waals surface area contributed by atoms with Crippen molar-refractivity contribution in [3.63, 3.8) is 0 Å². The number of aliphatic hydroxyl groups is 1. The van der Waals surface area contributed by atoms with E-state index in [9.17, 15) is 14.7 Å². The molecule has 0 radical (unpaired) electrons. The van der Waals surface area contributed by atoms with Gasteiger partial charge in [-0.05, 0) is 49.4 Å². The van der Waals surface area contributed by atoms with E-state index >= 15 is 0 Å². The highest BCUT2D eigenvalue weighted by Gasteiger charge is 2.48. The van der Waals surface area contributed by atoms with Crippen molar-refractivity contribution in [2.75, 3.05) is 18.6 Å². The van der Waals surface area contributed by atoms with Crippen LogP contribution in [0.5, 0.6) is 11.5 Å². The quantitative estimate of drug-likeness (QED) is 0.321. The van der Waals surface area contributed by atoms with E-state index in [1.54, 1.807) is 60.8 Å². The molecule has 168 valence electrons. The zero-order chi connectivity index (χ0) is 23.5. The van der Waals surface area contributed by atoms with Gasteiger partial charge in [0.05, 0.1) is 30.5 Å². The van der Waals surface area contributed by atoms with Gasteiger partial charge in [-0.1, -0.05) is 23.7 Å². The molecule has 2 heterocycles. The third-order valence-electron chi connectivity index (χ3n) is 5.24. The number of hydrogen-bond acceptors (Lipinski definition) is 6. The zero-order valence-electron chi connectivity index (χ0n) is 18.0. The van der Waals surface area contributed by atoms with Crippen LogP contribution < -0.4 is 14.4 Å². The van der Waals surface area contributed by atoms with Gasteiger partial charge < -0.3 is 14.6 Å². The highest BCUT2D eigenvalue weighted by molar-refractivity contribution is 6.51. The molecular weight excluding hydrogens is 444 g/mol. The second kappa shape index (κ2) is 9.34. The lowest BCUT2D eigenvalue weighted by Gasteiger charge is -2.25. The molecule has 1 saturated heterocycles. The Bertz CT molecular complexity index is 1240. The van der Waals surface area contributed by atoms with Gasteiger partial charge in [-0.2, -0.15) is 0 Å². The third-order valence-corrected chi connectivity index (χ3v) is 5.47. The number of carbonyl (C=O) groups is 2. The number of ether oxygens (including phenoxy) is 2. The van der Waals surface area contributed by atoms with E-state index in [1.807, 2.05) is 6.92 Å². The number of anilines is 1. The van der Waals surface area contributed by atoms with Crippen molar-refractivity contribution < 1.29 is 24.2 Å². The maximum Gasteiger partial charge on any atom is 0.300 e. The van der Waals surface area contributed by atoms with Crippen LogP contribution >= 0.6 is 11.6 Å². The number of methoxy groups -OCH3 is 1. The first-order valence-electron chi connectivity index (χ1n) is 10.2.